The quantitative estimate of drug-likeness (QED) is 0.821. The highest BCUT2D eigenvalue weighted by Gasteiger charge is 2.39. The van der Waals surface area contributed by atoms with Crippen LogP contribution in [-0.2, 0) is 10.9 Å². The van der Waals surface area contributed by atoms with E-state index in [1.807, 2.05) is 19.0 Å². The number of carbonyl (C=O) groups excluding carboxylic acids is 1. The summed E-state index contributed by atoms with van der Waals surface area (Å²) < 4.78 is 45.2. The number of rotatable bonds is 6. The number of halogens is 3. The summed E-state index contributed by atoms with van der Waals surface area (Å²) in [7, 11) is 3.64. The number of hydrogen-bond donors (Lipinski definition) is 1. The number of carbonyl (C=O) groups is 1. The Morgan fingerprint density at radius 1 is 1.40 bits per heavy atom. The third kappa shape index (κ3) is 5.27. The maximum absolute atomic E-state index is 13.2. The Bertz CT molecular complexity index is 603. The number of aromatic nitrogens is 2. The van der Waals surface area contributed by atoms with Crippen molar-refractivity contribution in [2.24, 2.45) is 0 Å². The zero-order valence-electron chi connectivity index (χ0n) is 14.2. The number of nitrogens with zero attached hydrogens (tertiary/aromatic N) is 4. The zero-order chi connectivity index (χ0) is 18.6. The van der Waals surface area contributed by atoms with Gasteiger partial charge in [-0.3, -0.25) is 4.79 Å². The Hall–Kier alpha value is -1.94. The SMILES string of the molecule is CN(C)CCN(CC1CCCO1)C(=O)c1cnc(N)nc1C(F)(F)F. The Morgan fingerprint density at radius 3 is 2.68 bits per heavy atom. The Labute approximate surface area is 144 Å². The molecule has 0 bridgehead atoms. The molecule has 0 aromatic carbocycles. The second-order valence-electron chi connectivity index (χ2n) is 6.18. The monoisotopic (exact) mass is 361 g/mol. The minimum atomic E-state index is -4.79. The number of nitrogen functional groups attached to an aromatic ring is 1. The molecule has 10 heteroatoms. The molecule has 0 radical (unpaired) electrons. The lowest BCUT2D eigenvalue weighted by atomic mass is 10.1. The molecule has 1 aliphatic rings. The fourth-order valence-corrected chi connectivity index (χ4v) is 2.57. The standard InChI is InChI=1S/C15H22F3N5O2/c1-22(2)5-6-23(9-10-4-3-7-25-10)13(24)11-8-20-14(19)21-12(11)15(16,17)18/h8,10H,3-7,9H2,1-2H3,(H2,19,20,21). The molecule has 1 aliphatic heterocycles. The van der Waals surface area contributed by atoms with Gasteiger partial charge in [0.15, 0.2) is 5.69 Å². The van der Waals surface area contributed by atoms with E-state index in [0.29, 0.717) is 13.2 Å². The highest BCUT2D eigenvalue weighted by atomic mass is 19.4. The average Bonchev–Trinajstić information content (AvgIpc) is 3.02. The van der Waals surface area contributed by atoms with Gasteiger partial charge in [-0.05, 0) is 26.9 Å². The van der Waals surface area contributed by atoms with E-state index in [-0.39, 0.29) is 19.2 Å². The van der Waals surface area contributed by atoms with Crippen LogP contribution in [0.15, 0.2) is 6.20 Å². The van der Waals surface area contributed by atoms with Gasteiger partial charge in [0.05, 0.1) is 11.7 Å². The third-order valence-corrected chi connectivity index (χ3v) is 3.86. The lowest BCUT2D eigenvalue weighted by Crippen LogP contribution is -2.42. The summed E-state index contributed by atoms with van der Waals surface area (Å²) in [6, 6.07) is 0. The average molecular weight is 361 g/mol. The van der Waals surface area contributed by atoms with Crippen LogP contribution in [0.4, 0.5) is 19.1 Å². The number of anilines is 1. The van der Waals surface area contributed by atoms with Crippen molar-refractivity contribution in [3.63, 3.8) is 0 Å². The second kappa shape index (κ2) is 7.96. The zero-order valence-corrected chi connectivity index (χ0v) is 14.2. The summed E-state index contributed by atoms with van der Waals surface area (Å²) in [5.74, 6) is -1.30. The smallest absolute Gasteiger partial charge is 0.376 e. The van der Waals surface area contributed by atoms with Gasteiger partial charge in [0.2, 0.25) is 5.95 Å². The molecule has 0 aliphatic carbocycles. The molecule has 1 saturated heterocycles. The molecule has 1 aromatic heterocycles. The Morgan fingerprint density at radius 2 is 2.12 bits per heavy atom. The summed E-state index contributed by atoms with van der Waals surface area (Å²) in [5.41, 5.74) is 3.35. The predicted molar refractivity (Wildman–Crippen MR) is 84.9 cm³/mol. The Balaban J connectivity index is 2.28. The highest BCUT2D eigenvalue weighted by Crippen LogP contribution is 2.31. The predicted octanol–water partition coefficient (Wildman–Crippen LogP) is 1.26. The van der Waals surface area contributed by atoms with Crippen LogP contribution in [0.1, 0.15) is 28.9 Å². The summed E-state index contributed by atoms with van der Waals surface area (Å²) in [4.78, 5) is 22.8. The molecular weight excluding hydrogens is 339 g/mol. The molecule has 140 valence electrons. The van der Waals surface area contributed by atoms with Gasteiger partial charge in [-0.2, -0.15) is 13.2 Å². The molecule has 1 fully saturated rings. The molecule has 1 aromatic rings. The molecule has 0 saturated carbocycles. The topological polar surface area (TPSA) is 84.6 Å². The first-order valence-corrected chi connectivity index (χ1v) is 7.94. The number of amides is 1. The van der Waals surface area contributed by atoms with E-state index in [0.717, 1.165) is 19.0 Å². The van der Waals surface area contributed by atoms with Gasteiger partial charge < -0.3 is 20.3 Å². The molecule has 2 N–H and O–H groups in total. The van der Waals surface area contributed by atoms with E-state index < -0.39 is 29.3 Å². The van der Waals surface area contributed by atoms with E-state index in [1.54, 1.807) is 0 Å². The first kappa shape index (κ1) is 19.4. The van der Waals surface area contributed by atoms with Crippen LogP contribution < -0.4 is 5.73 Å². The number of hydrogen-bond acceptors (Lipinski definition) is 6. The lowest BCUT2D eigenvalue weighted by Gasteiger charge is -2.27. The molecule has 0 spiro atoms. The molecule has 1 unspecified atom stereocenters. The van der Waals surface area contributed by atoms with Gasteiger partial charge >= 0.3 is 6.18 Å². The molecule has 7 nitrogen and oxygen atoms in total. The lowest BCUT2D eigenvalue weighted by molar-refractivity contribution is -0.141. The van der Waals surface area contributed by atoms with Crippen LogP contribution in [-0.4, -0.2) is 72.1 Å². The largest absolute Gasteiger partial charge is 0.434 e. The van der Waals surface area contributed by atoms with E-state index in [2.05, 4.69) is 9.97 Å². The van der Waals surface area contributed by atoms with Gasteiger partial charge in [-0.25, -0.2) is 9.97 Å². The minimum Gasteiger partial charge on any atom is -0.376 e. The van der Waals surface area contributed by atoms with Crippen LogP contribution in [0.3, 0.4) is 0 Å². The number of alkyl halides is 3. The van der Waals surface area contributed by atoms with Crippen molar-refractivity contribution in [3.8, 4) is 0 Å². The van der Waals surface area contributed by atoms with Crippen LogP contribution in [0.2, 0.25) is 0 Å². The molecule has 1 amide bonds. The van der Waals surface area contributed by atoms with Crippen LogP contribution in [0, 0.1) is 0 Å². The van der Waals surface area contributed by atoms with Gasteiger partial charge in [-0.1, -0.05) is 0 Å². The van der Waals surface area contributed by atoms with Crippen molar-refractivity contribution < 1.29 is 22.7 Å². The van der Waals surface area contributed by atoms with Crippen molar-refractivity contribution in [1.82, 2.24) is 19.8 Å². The summed E-state index contributed by atoms with van der Waals surface area (Å²) in [6.45, 7) is 1.61. The summed E-state index contributed by atoms with van der Waals surface area (Å²) in [6.07, 6.45) is -2.48. The van der Waals surface area contributed by atoms with E-state index in [9.17, 15) is 18.0 Å². The molecule has 2 heterocycles. The second-order valence-corrected chi connectivity index (χ2v) is 6.18. The van der Waals surface area contributed by atoms with Crippen molar-refractivity contribution >= 4 is 11.9 Å². The van der Waals surface area contributed by atoms with Crippen molar-refractivity contribution in [2.45, 2.75) is 25.1 Å². The van der Waals surface area contributed by atoms with E-state index >= 15 is 0 Å². The molecule has 2 rings (SSSR count). The van der Waals surface area contributed by atoms with E-state index in [1.165, 1.54) is 4.90 Å². The molecular formula is C15H22F3N5O2. The summed E-state index contributed by atoms with van der Waals surface area (Å²) >= 11 is 0. The van der Waals surface area contributed by atoms with Crippen molar-refractivity contribution in [2.75, 3.05) is 46.1 Å². The fourth-order valence-electron chi connectivity index (χ4n) is 2.57. The van der Waals surface area contributed by atoms with Gasteiger partial charge in [0, 0.05) is 32.4 Å². The third-order valence-electron chi connectivity index (χ3n) is 3.86. The van der Waals surface area contributed by atoms with Gasteiger partial charge in [0.25, 0.3) is 5.91 Å². The first-order chi connectivity index (χ1) is 11.7. The maximum atomic E-state index is 13.2. The minimum absolute atomic E-state index is 0.171. The number of ether oxygens (including phenoxy) is 1. The van der Waals surface area contributed by atoms with E-state index in [4.69, 9.17) is 10.5 Å². The first-order valence-electron chi connectivity index (χ1n) is 7.94. The summed E-state index contributed by atoms with van der Waals surface area (Å²) in [5, 5.41) is 0. The Kier molecular flexibility index (Phi) is 6.17. The normalized spacial score (nSPS) is 17.9. The number of likely N-dealkylation sites (N-methyl/N-ethyl adjacent to an activating group) is 1. The molecule has 25 heavy (non-hydrogen) atoms. The number of nitrogens with two attached hydrogens (primary N) is 1. The maximum Gasteiger partial charge on any atom is 0.434 e. The highest BCUT2D eigenvalue weighted by molar-refractivity contribution is 5.95. The van der Waals surface area contributed by atoms with Crippen molar-refractivity contribution in [3.05, 3.63) is 17.5 Å². The van der Waals surface area contributed by atoms with Crippen LogP contribution in [0.25, 0.3) is 0 Å². The fraction of sp³-hybridized carbons (Fsp3) is 0.667. The van der Waals surface area contributed by atoms with Gasteiger partial charge in [-0.15, -0.1) is 0 Å². The molecule has 1 atom stereocenters. The van der Waals surface area contributed by atoms with Crippen LogP contribution in [0.5, 0.6) is 0 Å². The van der Waals surface area contributed by atoms with Crippen molar-refractivity contribution in [1.29, 1.82) is 0 Å². The van der Waals surface area contributed by atoms with Crippen LogP contribution >= 0.6 is 0 Å². The van der Waals surface area contributed by atoms with Gasteiger partial charge in [0.1, 0.15) is 0 Å².